The zero-order valence-corrected chi connectivity index (χ0v) is 12.1. The molecule has 0 unspecified atom stereocenters. The minimum Gasteiger partial charge on any atom is -0.375 e. The quantitative estimate of drug-likeness (QED) is 0.931. The van der Waals surface area contributed by atoms with E-state index in [0.29, 0.717) is 16.3 Å². The Balaban J connectivity index is 1.96. The van der Waals surface area contributed by atoms with Crippen molar-refractivity contribution >= 4 is 23.2 Å². The molecule has 2 rings (SSSR count). The molecule has 1 heterocycles. The summed E-state index contributed by atoms with van der Waals surface area (Å²) in [4.78, 5) is 14.1. The number of nitriles is 1. The van der Waals surface area contributed by atoms with Crippen LogP contribution in [0.25, 0.3) is 0 Å². The molecule has 1 amide bonds. The van der Waals surface area contributed by atoms with Gasteiger partial charge in [0.05, 0.1) is 17.8 Å². The number of nitrogens with one attached hydrogen (secondary N) is 1. The fourth-order valence-electron chi connectivity index (χ4n) is 2.36. The van der Waals surface area contributed by atoms with Crippen LogP contribution in [-0.2, 0) is 4.79 Å². The maximum absolute atomic E-state index is 12.2. The van der Waals surface area contributed by atoms with E-state index in [0.717, 1.165) is 25.9 Å². The van der Waals surface area contributed by atoms with Gasteiger partial charge in [0.15, 0.2) is 0 Å². The van der Waals surface area contributed by atoms with Crippen LogP contribution in [0.15, 0.2) is 18.2 Å². The fraction of sp³-hybridized carbons (Fsp3) is 0.467. The molecule has 1 aromatic rings. The van der Waals surface area contributed by atoms with E-state index in [1.165, 1.54) is 12.8 Å². The van der Waals surface area contributed by atoms with Crippen molar-refractivity contribution in [1.29, 1.82) is 5.26 Å². The molecule has 0 bridgehead atoms. The third-order valence-electron chi connectivity index (χ3n) is 3.49. The molecule has 1 aliphatic heterocycles. The van der Waals surface area contributed by atoms with E-state index >= 15 is 0 Å². The van der Waals surface area contributed by atoms with Crippen molar-refractivity contribution in [2.24, 2.45) is 0 Å². The zero-order chi connectivity index (χ0) is 14.4. The predicted molar refractivity (Wildman–Crippen MR) is 79.7 cm³/mol. The largest absolute Gasteiger partial charge is 0.375 e. The summed E-state index contributed by atoms with van der Waals surface area (Å²) >= 11 is 5.91. The Labute approximate surface area is 124 Å². The second kappa shape index (κ2) is 7.16. The number of anilines is 1. The molecular formula is C15H18ClN3O. The number of halogens is 1. The molecule has 106 valence electrons. The maximum Gasteiger partial charge on any atom is 0.241 e. The zero-order valence-electron chi connectivity index (χ0n) is 11.4. The van der Waals surface area contributed by atoms with Gasteiger partial charge in [-0.2, -0.15) is 5.26 Å². The van der Waals surface area contributed by atoms with Crippen LogP contribution in [-0.4, -0.2) is 30.4 Å². The molecule has 5 heteroatoms. The molecule has 0 aromatic heterocycles. The lowest BCUT2D eigenvalue weighted by Crippen LogP contribution is -2.36. The maximum atomic E-state index is 12.2. The van der Waals surface area contributed by atoms with Crippen LogP contribution >= 0.6 is 11.6 Å². The van der Waals surface area contributed by atoms with Gasteiger partial charge in [0.1, 0.15) is 6.07 Å². The van der Waals surface area contributed by atoms with Gasteiger partial charge in [-0.15, -0.1) is 0 Å². The van der Waals surface area contributed by atoms with Crippen LogP contribution in [0.4, 0.5) is 5.69 Å². The van der Waals surface area contributed by atoms with Gasteiger partial charge < -0.3 is 10.2 Å². The van der Waals surface area contributed by atoms with E-state index in [2.05, 4.69) is 11.4 Å². The van der Waals surface area contributed by atoms with E-state index in [4.69, 9.17) is 16.9 Å². The number of carbonyl (C=O) groups excluding carboxylic acids is 1. The normalized spacial score (nSPS) is 15.3. The van der Waals surface area contributed by atoms with Crippen LogP contribution in [0.3, 0.4) is 0 Å². The van der Waals surface area contributed by atoms with Gasteiger partial charge in [0.25, 0.3) is 0 Å². The van der Waals surface area contributed by atoms with E-state index in [1.54, 1.807) is 18.2 Å². The molecular weight excluding hydrogens is 274 g/mol. The van der Waals surface area contributed by atoms with Crippen molar-refractivity contribution in [3.63, 3.8) is 0 Å². The lowest BCUT2D eigenvalue weighted by molar-refractivity contribution is -0.129. The molecule has 0 aliphatic carbocycles. The molecule has 1 aromatic carbocycles. The summed E-state index contributed by atoms with van der Waals surface area (Å²) < 4.78 is 0. The molecule has 0 saturated carbocycles. The molecule has 0 spiro atoms. The van der Waals surface area contributed by atoms with Gasteiger partial charge in [-0.05, 0) is 31.0 Å². The van der Waals surface area contributed by atoms with E-state index in [-0.39, 0.29) is 12.5 Å². The second-order valence-corrected chi connectivity index (χ2v) is 5.39. The number of benzene rings is 1. The topological polar surface area (TPSA) is 56.1 Å². The first kappa shape index (κ1) is 14.7. The molecule has 1 aliphatic rings. The Morgan fingerprint density at radius 3 is 2.65 bits per heavy atom. The Kier molecular flexibility index (Phi) is 5.25. The lowest BCUT2D eigenvalue weighted by Gasteiger charge is -2.21. The monoisotopic (exact) mass is 291 g/mol. The number of likely N-dealkylation sites (tertiary alicyclic amines) is 1. The van der Waals surface area contributed by atoms with Gasteiger partial charge in [-0.3, -0.25) is 4.79 Å². The first-order chi connectivity index (χ1) is 9.70. The minimum absolute atomic E-state index is 0.0794. The average Bonchev–Trinajstić information content (AvgIpc) is 2.74. The molecule has 0 radical (unpaired) electrons. The SMILES string of the molecule is N#Cc1ccc(Cl)cc1NCC(=O)N1CCCCCC1. The number of carbonyl (C=O) groups is 1. The van der Waals surface area contributed by atoms with Crippen molar-refractivity contribution in [2.45, 2.75) is 25.7 Å². The number of rotatable bonds is 3. The van der Waals surface area contributed by atoms with Crippen molar-refractivity contribution in [1.82, 2.24) is 4.90 Å². The fourth-order valence-corrected chi connectivity index (χ4v) is 2.54. The highest BCUT2D eigenvalue weighted by molar-refractivity contribution is 6.30. The van der Waals surface area contributed by atoms with E-state index in [1.807, 2.05) is 4.90 Å². The van der Waals surface area contributed by atoms with Gasteiger partial charge in [0, 0.05) is 18.1 Å². The summed E-state index contributed by atoms with van der Waals surface area (Å²) in [6.07, 6.45) is 4.55. The smallest absolute Gasteiger partial charge is 0.241 e. The first-order valence-electron chi connectivity index (χ1n) is 6.92. The van der Waals surface area contributed by atoms with Gasteiger partial charge in [-0.1, -0.05) is 24.4 Å². The summed E-state index contributed by atoms with van der Waals surface area (Å²) in [5, 5.41) is 12.6. The van der Waals surface area contributed by atoms with Gasteiger partial charge in [0.2, 0.25) is 5.91 Å². The highest BCUT2D eigenvalue weighted by Crippen LogP contribution is 2.20. The molecule has 4 nitrogen and oxygen atoms in total. The second-order valence-electron chi connectivity index (χ2n) is 4.95. The standard InChI is InChI=1S/C15H18ClN3O/c16-13-6-5-12(10-17)14(9-13)18-11-15(20)19-7-3-1-2-4-8-19/h5-6,9,18H,1-4,7-8,11H2. The lowest BCUT2D eigenvalue weighted by atomic mass is 10.2. The molecule has 0 atom stereocenters. The molecule has 1 fully saturated rings. The van der Waals surface area contributed by atoms with Crippen LogP contribution in [0.2, 0.25) is 5.02 Å². The average molecular weight is 292 g/mol. The third-order valence-corrected chi connectivity index (χ3v) is 3.73. The highest BCUT2D eigenvalue weighted by atomic mass is 35.5. The van der Waals surface area contributed by atoms with Crippen LogP contribution in [0.1, 0.15) is 31.2 Å². The first-order valence-corrected chi connectivity index (χ1v) is 7.30. The van der Waals surface area contributed by atoms with Gasteiger partial charge >= 0.3 is 0 Å². The van der Waals surface area contributed by atoms with Crippen LogP contribution in [0.5, 0.6) is 0 Å². The van der Waals surface area contributed by atoms with Crippen molar-refractivity contribution in [3.8, 4) is 6.07 Å². The summed E-state index contributed by atoms with van der Waals surface area (Å²) in [6, 6.07) is 7.09. The Morgan fingerprint density at radius 2 is 2.00 bits per heavy atom. The highest BCUT2D eigenvalue weighted by Gasteiger charge is 2.15. The number of amides is 1. The molecule has 20 heavy (non-hydrogen) atoms. The van der Waals surface area contributed by atoms with Gasteiger partial charge in [-0.25, -0.2) is 0 Å². The summed E-state index contributed by atoms with van der Waals surface area (Å²) in [6.45, 7) is 1.87. The van der Waals surface area contributed by atoms with Crippen LogP contribution in [0, 0.1) is 11.3 Å². The predicted octanol–water partition coefficient (Wildman–Crippen LogP) is 3.03. The van der Waals surface area contributed by atoms with E-state index < -0.39 is 0 Å². The van der Waals surface area contributed by atoms with Crippen molar-refractivity contribution < 1.29 is 4.79 Å². The Morgan fingerprint density at radius 1 is 1.30 bits per heavy atom. The number of hydrogen-bond donors (Lipinski definition) is 1. The number of nitrogens with zero attached hydrogens (tertiary/aromatic N) is 2. The minimum atomic E-state index is 0.0794. The van der Waals surface area contributed by atoms with Crippen molar-refractivity contribution in [3.05, 3.63) is 28.8 Å². The molecule has 1 saturated heterocycles. The summed E-state index contributed by atoms with van der Waals surface area (Å²) in [5.41, 5.74) is 1.11. The van der Waals surface area contributed by atoms with E-state index in [9.17, 15) is 4.79 Å². The number of hydrogen-bond acceptors (Lipinski definition) is 3. The Bertz CT molecular complexity index is 516. The van der Waals surface area contributed by atoms with Crippen LogP contribution < -0.4 is 5.32 Å². The Hall–Kier alpha value is -1.73. The molecule has 1 N–H and O–H groups in total. The summed E-state index contributed by atoms with van der Waals surface area (Å²) in [7, 11) is 0. The van der Waals surface area contributed by atoms with Crippen molar-refractivity contribution in [2.75, 3.05) is 25.0 Å². The third kappa shape index (κ3) is 3.88. The summed E-state index contributed by atoms with van der Waals surface area (Å²) in [5.74, 6) is 0.0794.